The van der Waals surface area contributed by atoms with Gasteiger partial charge in [-0.15, -0.1) is 0 Å². The Hall–Kier alpha value is -0.800. The van der Waals surface area contributed by atoms with Crippen molar-refractivity contribution in [3.05, 3.63) is 22.8 Å². The maximum Gasteiger partial charge on any atom is 0.126 e. The molecule has 0 spiro atoms. The van der Waals surface area contributed by atoms with Gasteiger partial charge in [0.2, 0.25) is 0 Å². The molecule has 0 saturated carbocycles. The van der Waals surface area contributed by atoms with E-state index in [1.807, 2.05) is 12.1 Å². The Balaban J connectivity index is 2.75. The Bertz CT molecular complexity index is 378. The van der Waals surface area contributed by atoms with Crippen molar-refractivity contribution in [2.24, 2.45) is 0 Å². The Labute approximate surface area is 122 Å². The molecule has 0 amide bonds. The molecule has 108 valence electrons. The van der Waals surface area contributed by atoms with Crippen LogP contribution in [0.5, 0.6) is 0 Å². The molecule has 1 heterocycles. The van der Waals surface area contributed by atoms with Crippen LogP contribution in [0, 0.1) is 0 Å². The van der Waals surface area contributed by atoms with E-state index in [0.717, 1.165) is 48.9 Å². The SMILES string of the molecule is CCCNc1ccc(Cl)c(CN(C)C(CC)CC)n1. The molecule has 3 nitrogen and oxygen atoms in total. The predicted molar refractivity (Wildman–Crippen MR) is 83.9 cm³/mol. The van der Waals surface area contributed by atoms with Gasteiger partial charge in [0, 0.05) is 19.1 Å². The summed E-state index contributed by atoms with van der Waals surface area (Å²) in [7, 11) is 2.14. The first kappa shape index (κ1) is 16.3. The van der Waals surface area contributed by atoms with Crippen LogP contribution in [-0.4, -0.2) is 29.5 Å². The first-order valence-electron chi connectivity index (χ1n) is 7.21. The van der Waals surface area contributed by atoms with Crippen molar-refractivity contribution >= 4 is 17.4 Å². The number of halogens is 1. The number of rotatable bonds is 8. The summed E-state index contributed by atoms with van der Waals surface area (Å²) >= 11 is 6.25. The van der Waals surface area contributed by atoms with Crippen molar-refractivity contribution in [2.45, 2.75) is 52.6 Å². The number of aromatic nitrogens is 1. The van der Waals surface area contributed by atoms with E-state index in [4.69, 9.17) is 11.6 Å². The molecule has 0 unspecified atom stereocenters. The third kappa shape index (κ3) is 5.00. The molecule has 0 bridgehead atoms. The largest absolute Gasteiger partial charge is 0.370 e. The van der Waals surface area contributed by atoms with Gasteiger partial charge in [-0.2, -0.15) is 0 Å². The second-order valence-corrected chi connectivity index (χ2v) is 5.34. The Morgan fingerprint density at radius 2 is 1.95 bits per heavy atom. The van der Waals surface area contributed by atoms with Gasteiger partial charge in [-0.1, -0.05) is 32.4 Å². The summed E-state index contributed by atoms with van der Waals surface area (Å²) in [5.41, 5.74) is 0.956. The van der Waals surface area contributed by atoms with Gasteiger partial charge in [0.05, 0.1) is 10.7 Å². The summed E-state index contributed by atoms with van der Waals surface area (Å²) < 4.78 is 0. The second-order valence-electron chi connectivity index (χ2n) is 4.94. The summed E-state index contributed by atoms with van der Waals surface area (Å²) in [6, 6.07) is 4.46. The highest BCUT2D eigenvalue weighted by molar-refractivity contribution is 6.31. The Morgan fingerprint density at radius 1 is 1.26 bits per heavy atom. The lowest BCUT2D eigenvalue weighted by Gasteiger charge is -2.26. The van der Waals surface area contributed by atoms with Gasteiger partial charge < -0.3 is 5.32 Å². The molecular formula is C15H26ClN3. The third-order valence-electron chi connectivity index (χ3n) is 3.44. The molecule has 0 saturated heterocycles. The molecule has 1 aromatic rings. The first-order valence-corrected chi connectivity index (χ1v) is 7.59. The maximum absolute atomic E-state index is 6.25. The molecule has 1 rings (SSSR count). The fourth-order valence-electron chi connectivity index (χ4n) is 2.22. The number of hydrogen-bond acceptors (Lipinski definition) is 3. The molecule has 19 heavy (non-hydrogen) atoms. The maximum atomic E-state index is 6.25. The van der Waals surface area contributed by atoms with E-state index in [0.29, 0.717) is 6.04 Å². The van der Waals surface area contributed by atoms with Gasteiger partial charge in [0.15, 0.2) is 0 Å². The van der Waals surface area contributed by atoms with Crippen molar-refractivity contribution in [3.8, 4) is 0 Å². The zero-order valence-electron chi connectivity index (χ0n) is 12.5. The molecule has 4 heteroatoms. The molecule has 1 aromatic heterocycles. The predicted octanol–water partition coefficient (Wildman–Crippen LogP) is 4.18. The van der Waals surface area contributed by atoms with Crippen LogP contribution in [0.4, 0.5) is 5.82 Å². The lowest BCUT2D eigenvalue weighted by molar-refractivity contribution is 0.219. The topological polar surface area (TPSA) is 28.2 Å². The highest BCUT2D eigenvalue weighted by Crippen LogP contribution is 2.20. The fourth-order valence-corrected chi connectivity index (χ4v) is 2.39. The summed E-state index contributed by atoms with van der Waals surface area (Å²) in [6.07, 6.45) is 3.39. The van der Waals surface area contributed by atoms with E-state index in [1.54, 1.807) is 0 Å². The van der Waals surface area contributed by atoms with Gasteiger partial charge in [-0.05, 0) is 38.4 Å². The zero-order chi connectivity index (χ0) is 14.3. The van der Waals surface area contributed by atoms with Crippen LogP contribution in [0.25, 0.3) is 0 Å². The van der Waals surface area contributed by atoms with E-state index < -0.39 is 0 Å². The van der Waals surface area contributed by atoms with Crippen molar-refractivity contribution in [3.63, 3.8) is 0 Å². The quantitative estimate of drug-likeness (QED) is 0.776. The normalized spacial score (nSPS) is 11.3. The van der Waals surface area contributed by atoms with E-state index in [2.05, 4.69) is 43.0 Å². The van der Waals surface area contributed by atoms with Crippen molar-refractivity contribution in [1.29, 1.82) is 0 Å². The molecule has 1 N–H and O–H groups in total. The van der Waals surface area contributed by atoms with Crippen LogP contribution in [0.1, 0.15) is 45.7 Å². The molecule has 0 fully saturated rings. The standard InChI is InChI=1S/C15H26ClN3/c1-5-10-17-15-9-8-13(16)14(18-15)11-19(4)12(6-2)7-3/h8-9,12H,5-7,10-11H2,1-4H3,(H,17,18). The molecule has 0 aliphatic carbocycles. The highest BCUT2D eigenvalue weighted by Gasteiger charge is 2.13. The number of hydrogen-bond donors (Lipinski definition) is 1. The first-order chi connectivity index (χ1) is 9.12. The summed E-state index contributed by atoms with van der Waals surface area (Å²) in [4.78, 5) is 6.95. The second kappa shape index (κ2) is 8.39. The van der Waals surface area contributed by atoms with Crippen LogP contribution in [-0.2, 0) is 6.54 Å². The minimum Gasteiger partial charge on any atom is -0.370 e. The molecule has 0 aromatic carbocycles. The number of nitrogens with zero attached hydrogens (tertiary/aromatic N) is 2. The van der Waals surface area contributed by atoms with E-state index >= 15 is 0 Å². The van der Waals surface area contributed by atoms with Gasteiger partial charge in [-0.25, -0.2) is 4.98 Å². The average molecular weight is 284 g/mol. The van der Waals surface area contributed by atoms with E-state index in [-0.39, 0.29) is 0 Å². The summed E-state index contributed by atoms with van der Waals surface area (Å²) in [6.45, 7) is 8.33. The summed E-state index contributed by atoms with van der Waals surface area (Å²) in [5, 5.41) is 4.05. The Kier molecular flexibility index (Phi) is 7.17. The lowest BCUT2D eigenvalue weighted by Crippen LogP contribution is -2.30. The van der Waals surface area contributed by atoms with Crippen LogP contribution in [0.15, 0.2) is 12.1 Å². The van der Waals surface area contributed by atoms with Crippen LogP contribution in [0.2, 0.25) is 5.02 Å². The Morgan fingerprint density at radius 3 is 2.53 bits per heavy atom. The van der Waals surface area contributed by atoms with Crippen LogP contribution in [0.3, 0.4) is 0 Å². The minimum atomic E-state index is 0.588. The van der Waals surface area contributed by atoms with Crippen molar-refractivity contribution in [2.75, 3.05) is 18.9 Å². The molecule has 0 radical (unpaired) electrons. The zero-order valence-corrected chi connectivity index (χ0v) is 13.3. The number of pyridine rings is 1. The minimum absolute atomic E-state index is 0.588. The van der Waals surface area contributed by atoms with Crippen LogP contribution < -0.4 is 5.32 Å². The monoisotopic (exact) mass is 283 g/mol. The summed E-state index contributed by atoms with van der Waals surface area (Å²) in [5.74, 6) is 0.916. The lowest BCUT2D eigenvalue weighted by atomic mass is 10.1. The third-order valence-corrected chi connectivity index (χ3v) is 3.78. The molecular weight excluding hydrogens is 258 g/mol. The molecule has 0 atom stereocenters. The van der Waals surface area contributed by atoms with Crippen LogP contribution >= 0.6 is 11.6 Å². The highest BCUT2D eigenvalue weighted by atomic mass is 35.5. The molecule has 0 aliphatic rings. The van der Waals surface area contributed by atoms with Gasteiger partial charge in [0.1, 0.15) is 5.82 Å². The van der Waals surface area contributed by atoms with Gasteiger partial charge in [-0.3, -0.25) is 4.90 Å². The van der Waals surface area contributed by atoms with Gasteiger partial charge >= 0.3 is 0 Å². The van der Waals surface area contributed by atoms with Gasteiger partial charge in [0.25, 0.3) is 0 Å². The number of nitrogens with one attached hydrogen (secondary N) is 1. The fraction of sp³-hybridized carbons (Fsp3) is 0.667. The average Bonchev–Trinajstić information content (AvgIpc) is 2.41. The smallest absolute Gasteiger partial charge is 0.126 e. The van der Waals surface area contributed by atoms with Crippen molar-refractivity contribution < 1.29 is 0 Å². The molecule has 0 aliphatic heterocycles. The van der Waals surface area contributed by atoms with E-state index in [9.17, 15) is 0 Å². The number of anilines is 1. The van der Waals surface area contributed by atoms with Crippen molar-refractivity contribution in [1.82, 2.24) is 9.88 Å². The van der Waals surface area contributed by atoms with E-state index in [1.165, 1.54) is 0 Å².